The van der Waals surface area contributed by atoms with Crippen molar-refractivity contribution in [1.82, 2.24) is 4.98 Å². The summed E-state index contributed by atoms with van der Waals surface area (Å²) in [4.78, 5) is 4.69. The Labute approximate surface area is 118 Å². The molecule has 2 rings (SSSR count). The number of benzene rings is 1. The maximum Gasteiger partial charge on any atom is 0.127 e. The summed E-state index contributed by atoms with van der Waals surface area (Å²) in [5.41, 5.74) is 8.69. The number of nitrogens with two attached hydrogens (primary N) is 1. The molecule has 3 N–H and O–H groups in total. The quantitative estimate of drug-likeness (QED) is 0.838. The molecule has 98 valence electrons. The highest BCUT2D eigenvalue weighted by atomic mass is 32.1. The second-order valence-corrected chi connectivity index (χ2v) is 4.99. The molecule has 0 radical (unpaired) electrons. The van der Waals surface area contributed by atoms with E-state index in [4.69, 9.17) is 18.0 Å². The van der Waals surface area contributed by atoms with Crippen molar-refractivity contribution in [1.29, 1.82) is 0 Å². The molecule has 1 aromatic heterocycles. The lowest BCUT2D eigenvalue weighted by molar-refractivity contribution is 0.873. The van der Waals surface area contributed by atoms with E-state index in [0.29, 0.717) is 10.7 Å². The van der Waals surface area contributed by atoms with Crippen LogP contribution in [-0.4, -0.2) is 9.97 Å². The Morgan fingerprint density at radius 3 is 2.53 bits per heavy atom. The first-order valence-electron chi connectivity index (χ1n) is 6.16. The van der Waals surface area contributed by atoms with Crippen LogP contribution in [0.4, 0.5) is 5.82 Å². The van der Waals surface area contributed by atoms with Crippen molar-refractivity contribution in [2.45, 2.75) is 19.9 Å². The molecule has 0 aliphatic carbocycles. The standard InChI is InChI=1S/C15H17N3S/c1-10-6-8-12(9-7-10)11(2)17-14-5-3-4-13(18-14)15(16)19/h3-9,11H,1-2H3,(H2,16,19)(H,17,18). The summed E-state index contributed by atoms with van der Waals surface area (Å²) in [6.07, 6.45) is 0. The molecule has 19 heavy (non-hydrogen) atoms. The Morgan fingerprint density at radius 1 is 1.21 bits per heavy atom. The predicted molar refractivity (Wildman–Crippen MR) is 83.3 cm³/mol. The molecule has 0 fully saturated rings. The molecular formula is C15H17N3S. The number of thiocarbonyl (C=S) groups is 1. The van der Waals surface area contributed by atoms with Gasteiger partial charge in [-0.15, -0.1) is 0 Å². The number of nitrogens with one attached hydrogen (secondary N) is 1. The van der Waals surface area contributed by atoms with E-state index in [0.717, 1.165) is 5.82 Å². The Morgan fingerprint density at radius 2 is 1.89 bits per heavy atom. The Balaban J connectivity index is 2.14. The fraction of sp³-hybridized carbons (Fsp3) is 0.200. The van der Waals surface area contributed by atoms with Gasteiger partial charge in [0, 0.05) is 6.04 Å². The summed E-state index contributed by atoms with van der Waals surface area (Å²) in [6, 6.07) is 14.2. The van der Waals surface area contributed by atoms with Gasteiger partial charge in [0.25, 0.3) is 0 Å². The minimum atomic E-state index is 0.176. The second kappa shape index (κ2) is 5.80. The van der Waals surface area contributed by atoms with Gasteiger partial charge in [0.2, 0.25) is 0 Å². The topological polar surface area (TPSA) is 50.9 Å². The van der Waals surface area contributed by atoms with E-state index in [2.05, 4.69) is 48.4 Å². The summed E-state index contributed by atoms with van der Waals surface area (Å²) < 4.78 is 0. The van der Waals surface area contributed by atoms with Crippen LogP contribution >= 0.6 is 12.2 Å². The van der Waals surface area contributed by atoms with Gasteiger partial charge < -0.3 is 11.1 Å². The largest absolute Gasteiger partial charge is 0.388 e. The molecule has 3 nitrogen and oxygen atoms in total. The van der Waals surface area contributed by atoms with Crippen molar-refractivity contribution in [2.75, 3.05) is 5.32 Å². The molecule has 1 unspecified atom stereocenters. The highest BCUT2D eigenvalue weighted by Gasteiger charge is 2.06. The van der Waals surface area contributed by atoms with Crippen LogP contribution in [0.5, 0.6) is 0 Å². The molecule has 1 aromatic carbocycles. The number of hydrogen-bond acceptors (Lipinski definition) is 3. The fourth-order valence-corrected chi connectivity index (χ4v) is 1.93. The lowest BCUT2D eigenvalue weighted by Gasteiger charge is -2.15. The Kier molecular flexibility index (Phi) is 4.12. The maximum absolute atomic E-state index is 5.58. The molecule has 0 bridgehead atoms. The van der Waals surface area contributed by atoms with E-state index in [9.17, 15) is 0 Å². The van der Waals surface area contributed by atoms with Crippen molar-refractivity contribution < 1.29 is 0 Å². The van der Waals surface area contributed by atoms with Gasteiger partial charge in [0.15, 0.2) is 0 Å². The molecule has 0 saturated heterocycles. The van der Waals surface area contributed by atoms with Gasteiger partial charge in [0.1, 0.15) is 10.8 Å². The molecule has 0 amide bonds. The highest BCUT2D eigenvalue weighted by molar-refractivity contribution is 7.80. The third-order valence-electron chi connectivity index (χ3n) is 2.94. The minimum absolute atomic E-state index is 0.176. The number of aryl methyl sites for hydroxylation is 1. The monoisotopic (exact) mass is 271 g/mol. The third-order valence-corrected chi connectivity index (χ3v) is 3.15. The van der Waals surface area contributed by atoms with Gasteiger partial charge in [-0.25, -0.2) is 4.98 Å². The zero-order chi connectivity index (χ0) is 13.8. The Bertz CT molecular complexity index is 578. The molecule has 0 aliphatic rings. The van der Waals surface area contributed by atoms with Crippen LogP contribution in [-0.2, 0) is 0 Å². The number of hydrogen-bond donors (Lipinski definition) is 2. The van der Waals surface area contributed by atoms with Gasteiger partial charge in [-0.1, -0.05) is 48.1 Å². The van der Waals surface area contributed by atoms with Crippen molar-refractivity contribution >= 4 is 23.0 Å². The van der Waals surface area contributed by atoms with Crippen molar-refractivity contribution in [3.8, 4) is 0 Å². The molecule has 1 heterocycles. The fourth-order valence-electron chi connectivity index (χ4n) is 1.81. The van der Waals surface area contributed by atoms with Gasteiger partial charge >= 0.3 is 0 Å². The first-order chi connectivity index (χ1) is 9.06. The van der Waals surface area contributed by atoms with Gasteiger partial charge in [0.05, 0.1) is 5.69 Å². The van der Waals surface area contributed by atoms with E-state index in [1.54, 1.807) is 0 Å². The van der Waals surface area contributed by atoms with Crippen LogP contribution in [0, 0.1) is 6.92 Å². The van der Waals surface area contributed by atoms with Crippen LogP contribution in [0.15, 0.2) is 42.5 Å². The number of pyridine rings is 1. The van der Waals surface area contributed by atoms with Crippen molar-refractivity contribution in [3.63, 3.8) is 0 Å². The van der Waals surface area contributed by atoms with Crippen LogP contribution < -0.4 is 11.1 Å². The van der Waals surface area contributed by atoms with E-state index < -0.39 is 0 Å². The minimum Gasteiger partial charge on any atom is -0.388 e. The number of anilines is 1. The number of rotatable bonds is 4. The molecule has 4 heteroatoms. The molecule has 0 saturated carbocycles. The number of aromatic nitrogens is 1. The molecule has 0 aliphatic heterocycles. The SMILES string of the molecule is Cc1ccc(C(C)Nc2cccc(C(N)=S)n2)cc1. The summed E-state index contributed by atoms with van der Waals surface area (Å²) in [5, 5.41) is 3.35. The first-order valence-corrected chi connectivity index (χ1v) is 6.57. The summed E-state index contributed by atoms with van der Waals surface area (Å²) in [6.45, 7) is 4.18. The van der Waals surface area contributed by atoms with Crippen molar-refractivity contribution in [2.24, 2.45) is 5.73 Å². The van der Waals surface area contributed by atoms with Gasteiger partial charge in [-0.2, -0.15) is 0 Å². The zero-order valence-electron chi connectivity index (χ0n) is 11.1. The molecule has 0 spiro atoms. The van der Waals surface area contributed by atoms with E-state index in [1.807, 2.05) is 18.2 Å². The van der Waals surface area contributed by atoms with Gasteiger partial charge in [-0.3, -0.25) is 0 Å². The van der Waals surface area contributed by atoms with E-state index >= 15 is 0 Å². The normalized spacial score (nSPS) is 11.9. The molecule has 2 aromatic rings. The van der Waals surface area contributed by atoms with Crippen LogP contribution in [0.25, 0.3) is 0 Å². The molecular weight excluding hydrogens is 254 g/mol. The van der Waals surface area contributed by atoms with Gasteiger partial charge in [-0.05, 0) is 31.5 Å². The summed E-state index contributed by atoms with van der Waals surface area (Å²) >= 11 is 4.93. The van der Waals surface area contributed by atoms with Crippen molar-refractivity contribution in [3.05, 3.63) is 59.3 Å². The average Bonchev–Trinajstić information content (AvgIpc) is 2.39. The summed E-state index contributed by atoms with van der Waals surface area (Å²) in [7, 11) is 0. The molecule has 1 atom stereocenters. The van der Waals surface area contributed by atoms with Crippen LogP contribution in [0.3, 0.4) is 0 Å². The smallest absolute Gasteiger partial charge is 0.127 e. The second-order valence-electron chi connectivity index (χ2n) is 4.55. The van der Waals surface area contributed by atoms with E-state index in [-0.39, 0.29) is 6.04 Å². The third kappa shape index (κ3) is 3.51. The Hall–Kier alpha value is -1.94. The lowest BCUT2D eigenvalue weighted by atomic mass is 10.1. The highest BCUT2D eigenvalue weighted by Crippen LogP contribution is 2.18. The predicted octanol–water partition coefficient (Wildman–Crippen LogP) is 3.20. The van der Waals surface area contributed by atoms with Crippen LogP contribution in [0.1, 0.15) is 29.8 Å². The van der Waals surface area contributed by atoms with E-state index in [1.165, 1.54) is 11.1 Å². The van der Waals surface area contributed by atoms with Crippen LogP contribution in [0.2, 0.25) is 0 Å². The number of nitrogens with zero attached hydrogens (tertiary/aromatic N) is 1. The maximum atomic E-state index is 5.58. The average molecular weight is 271 g/mol. The first kappa shape index (κ1) is 13.5. The summed E-state index contributed by atoms with van der Waals surface area (Å²) in [5.74, 6) is 0.776. The lowest BCUT2D eigenvalue weighted by Crippen LogP contribution is -2.14. The zero-order valence-corrected chi connectivity index (χ0v) is 11.9.